The van der Waals surface area contributed by atoms with Crippen molar-refractivity contribution in [2.24, 2.45) is 5.41 Å². The van der Waals surface area contributed by atoms with Gasteiger partial charge in [0.05, 0.1) is 24.5 Å². The SMILES string of the molecule is CC(CC(=O)ON1C(=O)CCC1=O)OCC(C)(C)C(=O)ON1C(=O)CCC1=O. The van der Waals surface area contributed by atoms with Crippen LogP contribution in [-0.4, -0.2) is 58.4 Å². The number of ether oxygens (including phenoxy) is 1. The molecule has 11 heteroatoms. The van der Waals surface area contributed by atoms with Gasteiger partial charge in [0, 0.05) is 25.7 Å². The fraction of sp³-hybridized carbons (Fsp3) is 0.647. The number of hydrogen-bond acceptors (Lipinski definition) is 9. The summed E-state index contributed by atoms with van der Waals surface area (Å²) in [4.78, 5) is 79.5. The van der Waals surface area contributed by atoms with Crippen LogP contribution in [0.1, 0.15) is 52.9 Å². The summed E-state index contributed by atoms with van der Waals surface area (Å²) in [6.45, 7) is 4.36. The van der Waals surface area contributed by atoms with Gasteiger partial charge in [-0.1, -0.05) is 0 Å². The Bertz CT molecular complexity index is 683. The molecule has 0 aromatic heterocycles. The second-order valence-electron chi connectivity index (χ2n) is 7.22. The predicted octanol–water partition coefficient (Wildman–Crippen LogP) is 0.0222. The van der Waals surface area contributed by atoms with E-state index in [9.17, 15) is 28.8 Å². The van der Waals surface area contributed by atoms with Gasteiger partial charge in [-0.2, -0.15) is 0 Å². The fourth-order valence-corrected chi connectivity index (χ4v) is 2.36. The average molecular weight is 398 g/mol. The molecule has 0 aliphatic carbocycles. The smallest absolute Gasteiger partial charge is 0.341 e. The van der Waals surface area contributed by atoms with Gasteiger partial charge in [-0.15, -0.1) is 10.1 Å². The number of nitrogens with zero attached hydrogens (tertiary/aromatic N) is 2. The van der Waals surface area contributed by atoms with E-state index in [1.165, 1.54) is 13.8 Å². The highest BCUT2D eigenvalue weighted by atomic mass is 16.7. The first-order valence-corrected chi connectivity index (χ1v) is 8.77. The number of amides is 4. The Morgan fingerprint density at radius 2 is 1.32 bits per heavy atom. The minimum atomic E-state index is -1.21. The maximum absolute atomic E-state index is 12.2. The summed E-state index contributed by atoms with van der Waals surface area (Å²) in [5.41, 5.74) is -1.21. The van der Waals surface area contributed by atoms with Crippen molar-refractivity contribution >= 4 is 35.6 Å². The molecule has 0 N–H and O–H groups in total. The highest BCUT2D eigenvalue weighted by Gasteiger charge is 2.39. The van der Waals surface area contributed by atoms with Crippen molar-refractivity contribution in [2.75, 3.05) is 6.61 Å². The van der Waals surface area contributed by atoms with E-state index in [2.05, 4.69) is 0 Å². The topological polar surface area (TPSA) is 137 Å². The van der Waals surface area contributed by atoms with Crippen LogP contribution >= 0.6 is 0 Å². The van der Waals surface area contributed by atoms with Gasteiger partial charge in [0.1, 0.15) is 0 Å². The molecule has 2 fully saturated rings. The molecule has 2 saturated heterocycles. The monoisotopic (exact) mass is 398 g/mol. The lowest BCUT2D eigenvalue weighted by Gasteiger charge is -2.25. The molecule has 0 aromatic carbocycles. The van der Waals surface area contributed by atoms with E-state index < -0.39 is 47.1 Å². The second kappa shape index (κ2) is 8.46. The van der Waals surface area contributed by atoms with Gasteiger partial charge in [0.2, 0.25) is 0 Å². The third kappa shape index (κ3) is 5.12. The van der Waals surface area contributed by atoms with Gasteiger partial charge in [-0.05, 0) is 20.8 Å². The van der Waals surface area contributed by atoms with Crippen LogP contribution in [0.25, 0.3) is 0 Å². The maximum Gasteiger partial charge on any atom is 0.341 e. The van der Waals surface area contributed by atoms with E-state index >= 15 is 0 Å². The molecule has 0 spiro atoms. The molecule has 1 unspecified atom stereocenters. The molecule has 0 bridgehead atoms. The van der Waals surface area contributed by atoms with E-state index in [0.717, 1.165) is 0 Å². The first-order valence-electron chi connectivity index (χ1n) is 8.77. The van der Waals surface area contributed by atoms with Crippen LogP contribution in [0, 0.1) is 5.41 Å². The number of hydrogen-bond donors (Lipinski definition) is 0. The molecular formula is C17H22N2O9. The molecule has 2 aliphatic heterocycles. The van der Waals surface area contributed by atoms with Crippen LogP contribution in [0.5, 0.6) is 0 Å². The molecule has 2 aliphatic rings. The average Bonchev–Trinajstić information content (AvgIpc) is 3.10. The maximum atomic E-state index is 12.2. The Kier molecular flexibility index (Phi) is 6.49. The molecule has 2 rings (SSSR count). The first-order chi connectivity index (χ1) is 13.0. The Labute approximate surface area is 160 Å². The second-order valence-corrected chi connectivity index (χ2v) is 7.22. The summed E-state index contributed by atoms with van der Waals surface area (Å²) >= 11 is 0. The van der Waals surface area contributed by atoms with Crippen LogP contribution in [0.15, 0.2) is 0 Å². The Hall–Kier alpha value is -2.82. The van der Waals surface area contributed by atoms with Crippen molar-refractivity contribution in [2.45, 2.75) is 59.0 Å². The number of hydroxylamine groups is 4. The van der Waals surface area contributed by atoms with E-state index in [1.807, 2.05) is 0 Å². The Morgan fingerprint density at radius 1 is 0.893 bits per heavy atom. The Balaban J connectivity index is 1.79. The van der Waals surface area contributed by atoms with Crippen molar-refractivity contribution in [1.82, 2.24) is 10.1 Å². The third-order valence-corrected chi connectivity index (χ3v) is 4.11. The molecule has 4 amide bonds. The summed E-state index contributed by atoms with van der Waals surface area (Å²) in [6, 6.07) is 0. The predicted molar refractivity (Wildman–Crippen MR) is 88.2 cm³/mol. The number of rotatable bonds is 8. The van der Waals surface area contributed by atoms with Crippen LogP contribution in [-0.2, 0) is 43.2 Å². The molecule has 11 nitrogen and oxygen atoms in total. The summed E-state index contributed by atoms with van der Waals surface area (Å²) in [7, 11) is 0. The van der Waals surface area contributed by atoms with Crippen LogP contribution in [0.4, 0.5) is 0 Å². The summed E-state index contributed by atoms with van der Waals surface area (Å²) in [6.07, 6.45) is -0.977. The van der Waals surface area contributed by atoms with E-state index in [0.29, 0.717) is 10.1 Å². The largest absolute Gasteiger partial charge is 0.377 e. The first kappa shape index (κ1) is 21.5. The number of carbonyl (C=O) groups excluding carboxylic acids is 6. The highest BCUT2D eigenvalue weighted by Crippen LogP contribution is 2.22. The zero-order chi connectivity index (χ0) is 21.1. The minimum Gasteiger partial charge on any atom is -0.377 e. The van der Waals surface area contributed by atoms with Crippen molar-refractivity contribution in [1.29, 1.82) is 0 Å². The molecule has 0 aromatic rings. The highest BCUT2D eigenvalue weighted by molar-refractivity contribution is 6.02. The van der Waals surface area contributed by atoms with Gasteiger partial charge < -0.3 is 14.4 Å². The van der Waals surface area contributed by atoms with Gasteiger partial charge >= 0.3 is 11.9 Å². The summed E-state index contributed by atoms with van der Waals surface area (Å²) < 4.78 is 5.46. The molecule has 0 saturated carbocycles. The summed E-state index contributed by atoms with van der Waals surface area (Å²) in [5.74, 6) is -4.00. The van der Waals surface area contributed by atoms with Gasteiger partial charge in [0.15, 0.2) is 0 Å². The Morgan fingerprint density at radius 3 is 1.79 bits per heavy atom. The van der Waals surface area contributed by atoms with Crippen molar-refractivity contribution in [3.05, 3.63) is 0 Å². The van der Waals surface area contributed by atoms with Crippen molar-refractivity contribution < 1.29 is 43.2 Å². The standard InChI is InChI=1S/C17H22N2O9/c1-10(8-15(24)27-18-11(20)4-5-12(18)21)26-9-17(2,3)16(25)28-19-13(22)6-7-14(19)23/h10H,4-9H2,1-3H3. The normalized spacial score (nSPS) is 18.7. The lowest BCUT2D eigenvalue weighted by molar-refractivity contribution is -0.207. The molecule has 0 radical (unpaired) electrons. The minimum absolute atomic E-state index is 0.00348. The molecule has 1 atom stereocenters. The molecule has 154 valence electrons. The van der Waals surface area contributed by atoms with E-state index in [1.54, 1.807) is 6.92 Å². The molecule has 2 heterocycles. The van der Waals surface area contributed by atoms with Gasteiger partial charge in [-0.3, -0.25) is 19.2 Å². The van der Waals surface area contributed by atoms with E-state index in [-0.39, 0.29) is 38.7 Å². The van der Waals surface area contributed by atoms with Crippen LogP contribution in [0.3, 0.4) is 0 Å². The van der Waals surface area contributed by atoms with Gasteiger partial charge in [-0.25, -0.2) is 9.59 Å². The molecular weight excluding hydrogens is 376 g/mol. The number of carbonyl (C=O) groups is 6. The summed E-state index contributed by atoms with van der Waals surface area (Å²) in [5, 5.41) is 0.898. The fourth-order valence-electron chi connectivity index (χ4n) is 2.36. The zero-order valence-corrected chi connectivity index (χ0v) is 15.9. The van der Waals surface area contributed by atoms with Crippen LogP contribution in [0.2, 0.25) is 0 Å². The van der Waals surface area contributed by atoms with Crippen molar-refractivity contribution in [3.8, 4) is 0 Å². The number of imide groups is 2. The van der Waals surface area contributed by atoms with Crippen molar-refractivity contribution in [3.63, 3.8) is 0 Å². The lowest BCUT2D eigenvalue weighted by Crippen LogP contribution is -2.40. The quantitative estimate of drug-likeness (QED) is 0.518. The zero-order valence-electron chi connectivity index (χ0n) is 15.9. The van der Waals surface area contributed by atoms with Crippen LogP contribution < -0.4 is 0 Å². The third-order valence-electron chi connectivity index (χ3n) is 4.11. The van der Waals surface area contributed by atoms with Gasteiger partial charge in [0.25, 0.3) is 23.6 Å². The lowest BCUT2D eigenvalue weighted by atomic mass is 9.95. The molecule has 28 heavy (non-hydrogen) atoms. The van der Waals surface area contributed by atoms with E-state index in [4.69, 9.17) is 14.4 Å².